The first-order valence-electron chi connectivity index (χ1n) is 6.99. The van der Waals surface area contributed by atoms with Crippen molar-refractivity contribution in [2.24, 2.45) is 0 Å². The fraction of sp³-hybridized carbons (Fsp3) is 0.600. The Labute approximate surface area is 110 Å². The molecule has 100 valence electrons. The number of hydrogen-bond donors (Lipinski definition) is 2. The predicted molar refractivity (Wildman–Crippen MR) is 75.3 cm³/mol. The Hall–Kier alpha value is -1.06. The number of aliphatic hydroxyl groups is 1. The van der Waals surface area contributed by atoms with Crippen LogP contribution in [0.2, 0.25) is 0 Å². The molecule has 0 bridgehead atoms. The van der Waals surface area contributed by atoms with E-state index in [9.17, 15) is 5.11 Å². The molecule has 2 unspecified atom stereocenters. The summed E-state index contributed by atoms with van der Waals surface area (Å²) in [4.78, 5) is 2.42. The van der Waals surface area contributed by atoms with E-state index in [1.807, 2.05) is 24.3 Å². The number of likely N-dealkylation sites (tertiary alicyclic amines) is 1. The van der Waals surface area contributed by atoms with Crippen LogP contribution in [0.15, 0.2) is 24.3 Å². The fourth-order valence-corrected chi connectivity index (χ4v) is 2.90. The second-order valence-corrected chi connectivity index (χ2v) is 5.20. The number of anilines is 1. The molecule has 1 aliphatic heterocycles. The number of hydrogen-bond acceptors (Lipinski definition) is 3. The highest BCUT2D eigenvalue weighted by atomic mass is 16.3. The number of nitrogens with zero attached hydrogens (tertiary/aromatic N) is 1. The number of aliphatic hydroxyl groups excluding tert-OH is 1. The van der Waals surface area contributed by atoms with Crippen LogP contribution in [0.1, 0.15) is 44.3 Å². The molecular weight excluding hydrogens is 224 g/mol. The molecule has 1 heterocycles. The Balaban J connectivity index is 2.02. The van der Waals surface area contributed by atoms with Gasteiger partial charge >= 0.3 is 0 Å². The van der Waals surface area contributed by atoms with Gasteiger partial charge < -0.3 is 10.8 Å². The van der Waals surface area contributed by atoms with Gasteiger partial charge in [-0.2, -0.15) is 0 Å². The number of nitrogen functional groups attached to an aromatic ring is 1. The van der Waals surface area contributed by atoms with E-state index >= 15 is 0 Å². The first kappa shape index (κ1) is 13.4. The molecular formula is C15H24N2O. The van der Waals surface area contributed by atoms with Gasteiger partial charge in [-0.25, -0.2) is 0 Å². The Morgan fingerprint density at radius 2 is 2.17 bits per heavy atom. The molecule has 0 amide bonds. The van der Waals surface area contributed by atoms with Gasteiger partial charge in [0, 0.05) is 23.8 Å². The Morgan fingerprint density at radius 3 is 2.89 bits per heavy atom. The number of rotatable bonds is 4. The highest BCUT2D eigenvalue weighted by molar-refractivity contribution is 5.47. The zero-order valence-electron chi connectivity index (χ0n) is 11.2. The first-order valence-corrected chi connectivity index (χ1v) is 6.99. The molecule has 18 heavy (non-hydrogen) atoms. The third kappa shape index (κ3) is 3.03. The summed E-state index contributed by atoms with van der Waals surface area (Å²) in [7, 11) is 0. The van der Waals surface area contributed by atoms with Crippen LogP contribution >= 0.6 is 0 Å². The second-order valence-electron chi connectivity index (χ2n) is 5.20. The van der Waals surface area contributed by atoms with Crippen LogP contribution in [0, 0.1) is 0 Å². The maximum Gasteiger partial charge on any atom is 0.0936 e. The predicted octanol–water partition coefficient (Wildman–Crippen LogP) is 2.57. The minimum Gasteiger partial charge on any atom is -0.398 e. The monoisotopic (exact) mass is 248 g/mol. The molecule has 2 rings (SSSR count). The van der Waals surface area contributed by atoms with E-state index in [-0.39, 0.29) is 0 Å². The molecule has 3 heteroatoms. The number of nitrogens with two attached hydrogens (primary N) is 1. The van der Waals surface area contributed by atoms with Gasteiger partial charge in [0.25, 0.3) is 0 Å². The van der Waals surface area contributed by atoms with Crippen molar-refractivity contribution in [1.82, 2.24) is 4.90 Å². The van der Waals surface area contributed by atoms with Crippen molar-refractivity contribution in [3.05, 3.63) is 29.8 Å². The second kappa shape index (κ2) is 6.21. The molecule has 1 aromatic rings. The summed E-state index contributed by atoms with van der Waals surface area (Å²) < 4.78 is 0. The highest BCUT2D eigenvalue weighted by Crippen LogP contribution is 2.25. The van der Waals surface area contributed by atoms with Gasteiger partial charge in [-0.15, -0.1) is 0 Å². The number of piperidine rings is 1. The van der Waals surface area contributed by atoms with E-state index in [1.54, 1.807) is 0 Å². The van der Waals surface area contributed by atoms with Crippen LogP contribution in [0.25, 0.3) is 0 Å². The molecule has 0 radical (unpaired) electrons. The minimum absolute atomic E-state index is 0.474. The van der Waals surface area contributed by atoms with Gasteiger partial charge in [-0.1, -0.05) is 31.5 Å². The first-order chi connectivity index (χ1) is 8.72. The standard InChI is InChI=1S/C15H24N2O/c1-2-12-7-5-6-10-17(12)11-15(18)13-8-3-4-9-14(13)16/h3-4,8-9,12,15,18H,2,5-7,10-11,16H2,1H3. The average Bonchev–Trinajstić information content (AvgIpc) is 2.39. The molecule has 3 N–H and O–H groups in total. The van der Waals surface area contributed by atoms with Crippen molar-refractivity contribution >= 4 is 5.69 Å². The highest BCUT2D eigenvalue weighted by Gasteiger charge is 2.23. The maximum atomic E-state index is 10.3. The van der Waals surface area contributed by atoms with E-state index in [2.05, 4.69) is 11.8 Å². The number of benzene rings is 1. The van der Waals surface area contributed by atoms with E-state index < -0.39 is 6.10 Å². The summed E-state index contributed by atoms with van der Waals surface area (Å²) >= 11 is 0. The largest absolute Gasteiger partial charge is 0.398 e. The summed E-state index contributed by atoms with van der Waals surface area (Å²) in [6, 6.07) is 8.24. The number of β-amino-alcohol motifs (C(OH)–C–C–N with tert-alkyl or cyclic N) is 1. The van der Waals surface area contributed by atoms with Crippen molar-refractivity contribution < 1.29 is 5.11 Å². The van der Waals surface area contributed by atoms with Gasteiger partial charge in [0.15, 0.2) is 0 Å². The maximum absolute atomic E-state index is 10.3. The lowest BCUT2D eigenvalue weighted by molar-refractivity contribution is 0.0660. The molecule has 1 fully saturated rings. The van der Waals surface area contributed by atoms with Crippen LogP contribution in [-0.2, 0) is 0 Å². The molecule has 1 aliphatic rings. The van der Waals surface area contributed by atoms with Gasteiger partial charge in [-0.05, 0) is 31.9 Å². The summed E-state index contributed by atoms with van der Waals surface area (Å²) in [6.07, 6.45) is 4.51. The Morgan fingerprint density at radius 1 is 1.39 bits per heavy atom. The smallest absolute Gasteiger partial charge is 0.0936 e. The lowest BCUT2D eigenvalue weighted by Crippen LogP contribution is -2.41. The summed E-state index contributed by atoms with van der Waals surface area (Å²) in [5.41, 5.74) is 7.46. The zero-order chi connectivity index (χ0) is 13.0. The fourth-order valence-electron chi connectivity index (χ4n) is 2.90. The third-order valence-electron chi connectivity index (χ3n) is 3.98. The van der Waals surface area contributed by atoms with Crippen molar-refractivity contribution in [2.45, 2.75) is 44.8 Å². The third-order valence-corrected chi connectivity index (χ3v) is 3.98. The van der Waals surface area contributed by atoms with Crippen LogP contribution < -0.4 is 5.73 Å². The van der Waals surface area contributed by atoms with Crippen molar-refractivity contribution in [1.29, 1.82) is 0 Å². The molecule has 0 saturated carbocycles. The van der Waals surface area contributed by atoms with Crippen LogP contribution in [0.5, 0.6) is 0 Å². The van der Waals surface area contributed by atoms with Crippen molar-refractivity contribution in [3.63, 3.8) is 0 Å². The van der Waals surface area contributed by atoms with E-state index in [1.165, 1.54) is 19.3 Å². The van der Waals surface area contributed by atoms with Gasteiger partial charge in [0.2, 0.25) is 0 Å². The Bertz CT molecular complexity index is 381. The van der Waals surface area contributed by atoms with Crippen molar-refractivity contribution in [2.75, 3.05) is 18.8 Å². The summed E-state index contributed by atoms with van der Waals surface area (Å²) in [5.74, 6) is 0. The Kier molecular flexibility index (Phi) is 4.61. The van der Waals surface area contributed by atoms with Gasteiger partial charge in [0.1, 0.15) is 0 Å². The van der Waals surface area contributed by atoms with E-state index in [0.717, 1.165) is 18.5 Å². The topological polar surface area (TPSA) is 49.5 Å². The molecule has 3 nitrogen and oxygen atoms in total. The zero-order valence-corrected chi connectivity index (χ0v) is 11.2. The molecule has 2 atom stereocenters. The van der Waals surface area contributed by atoms with E-state index in [4.69, 9.17) is 5.73 Å². The lowest BCUT2D eigenvalue weighted by atomic mass is 9.98. The SMILES string of the molecule is CCC1CCCCN1CC(O)c1ccccc1N. The van der Waals surface area contributed by atoms with E-state index in [0.29, 0.717) is 18.3 Å². The summed E-state index contributed by atoms with van der Waals surface area (Å²) in [5, 5.41) is 10.3. The average molecular weight is 248 g/mol. The normalized spacial score (nSPS) is 22.9. The van der Waals surface area contributed by atoms with Gasteiger partial charge in [0.05, 0.1) is 6.10 Å². The summed E-state index contributed by atoms with van der Waals surface area (Å²) in [6.45, 7) is 4.03. The minimum atomic E-state index is -0.474. The number of para-hydroxylation sites is 1. The molecule has 0 aromatic heterocycles. The molecule has 1 saturated heterocycles. The molecule has 1 aromatic carbocycles. The molecule has 0 spiro atoms. The van der Waals surface area contributed by atoms with Crippen LogP contribution in [-0.4, -0.2) is 29.1 Å². The van der Waals surface area contributed by atoms with Crippen LogP contribution in [0.4, 0.5) is 5.69 Å². The lowest BCUT2D eigenvalue weighted by Gasteiger charge is -2.36. The van der Waals surface area contributed by atoms with Crippen LogP contribution in [0.3, 0.4) is 0 Å². The van der Waals surface area contributed by atoms with Crippen molar-refractivity contribution in [3.8, 4) is 0 Å². The molecule has 0 aliphatic carbocycles. The quantitative estimate of drug-likeness (QED) is 0.805. The van der Waals surface area contributed by atoms with Gasteiger partial charge in [-0.3, -0.25) is 4.90 Å².